The van der Waals surface area contributed by atoms with E-state index >= 15 is 0 Å². The van der Waals surface area contributed by atoms with E-state index in [1.54, 1.807) is 6.07 Å². The van der Waals surface area contributed by atoms with Crippen molar-refractivity contribution in [1.82, 2.24) is 0 Å². The third-order valence-corrected chi connectivity index (χ3v) is 3.64. The smallest absolute Gasteiger partial charge is 0.123 e. The topological polar surface area (TPSA) is 0 Å². The van der Waals surface area contributed by atoms with Gasteiger partial charge in [0.2, 0.25) is 0 Å². The van der Waals surface area contributed by atoms with E-state index in [0.717, 1.165) is 37.7 Å². The van der Waals surface area contributed by atoms with Crippen LogP contribution in [0.15, 0.2) is 36.4 Å². The van der Waals surface area contributed by atoms with Crippen molar-refractivity contribution in [2.45, 2.75) is 58.3 Å². The van der Waals surface area contributed by atoms with Crippen LogP contribution in [0.5, 0.6) is 0 Å². The number of allylic oxidation sites excluding steroid dienone is 2. The highest BCUT2D eigenvalue weighted by atomic mass is 19.1. The Balaban J connectivity index is 3.13. The van der Waals surface area contributed by atoms with Gasteiger partial charge in [-0.2, -0.15) is 0 Å². The summed E-state index contributed by atoms with van der Waals surface area (Å²) in [6.45, 7) is 6.47. The normalized spacial score (nSPS) is 12.2. The second-order valence-electron chi connectivity index (χ2n) is 5.06. The predicted molar refractivity (Wildman–Crippen MR) is 77.3 cm³/mol. The quantitative estimate of drug-likeness (QED) is 0.548. The second-order valence-corrected chi connectivity index (χ2v) is 5.06. The lowest BCUT2D eigenvalue weighted by Crippen LogP contribution is -2.25. The van der Waals surface area contributed by atoms with Crippen molar-refractivity contribution in [3.8, 4) is 0 Å². The van der Waals surface area contributed by atoms with E-state index in [-0.39, 0.29) is 11.2 Å². The SMILES string of the molecule is C/C=C/CC(CCC)(CCC)c1cccc(F)c1. The molecule has 100 valence electrons. The van der Waals surface area contributed by atoms with E-state index in [9.17, 15) is 4.39 Å². The zero-order chi connectivity index (χ0) is 13.4. The lowest BCUT2D eigenvalue weighted by atomic mass is 9.71. The largest absolute Gasteiger partial charge is 0.207 e. The fourth-order valence-electron chi connectivity index (χ4n) is 2.85. The predicted octanol–water partition coefficient (Wildman–Crippen LogP) is 5.63. The van der Waals surface area contributed by atoms with Gasteiger partial charge < -0.3 is 0 Å². The molecular weight excluding hydrogens is 223 g/mol. The molecule has 1 rings (SSSR count). The van der Waals surface area contributed by atoms with Crippen molar-refractivity contribution in [2.24, 2.45) is 0 Å². The fraction of sp³-hybridized carbons (Fsp3) is 0.529. The van der Waals surface area contributed by atoms with Gasteiger partial charge in [-0.05, 0) is 49.3 Å². The van der Waals surface area contributed by atoms with Gasteiger partial charge in [-0.1, -0.05) is 51.0 Å². The Kier molecular flexibility index (Phi) is 6.11. The molecule has 1 aromatic rings. The highest BCUT2D eigenvalue weighted by Crippen LogP contribution is 2.38. The first kappa shape index (κ1) is 14.9. The van der Waals surface area contributed by atoms with Gasteiger partial charge in [-0.3, -0.25) is 0 Å². The standard InChI is InChI=1S/C17H25F/c1-4-7-13-17(11-5-2,12-6-3)15-9-8-10-16(18)14-15/h4,7-10,14H,5-6,11-13H2,1-3H3/b7-4+. The minimum Gasteiger partial charge on any atom is -0.207 e. The molecule has 0 unspecified atom stereocenters. The Morgan fingerprint density at radius 1 is 1.17 bits per heavy atom. The Bertz CT molecular complexity index is 373. The van der Waals surface area contributed by atoms with Gasteiger partial charge in [0.15, 0.2) is 0 Å². The minimum absolute atomic E-state index is 0.109. The van der Waals surface area contributed by atoms with Gasteiger partial charge in [0.05, 0.1) is 0 Å². The molecule has 0 N–H and O–H groups in total. The average molecular weight is 248 g/mol. The average Bonchev–Trinajstić information content (AvgIpc) is 2.36. The van der Waals surface area contributed by atoms with Crippen LogP contribution in [0.25, 0.3) is 0 Å². The Morgan fingerprint density at radius 2 is 1.83 bits per heavy atom. The lowest BCUT2D eigenvalue weighted by molar-refractivity contribution is 0.357. The third kappa shape index (κ3) is 3.69. The molecule has 0 bridgehead atoms. The van der Waals surface area contributed by atoms with Crippen LogP contribution in [-0.2, 0) is 5.41 Å². The van der Waals surface area contributed by atoms with E-state index < -0.39 is 0 Å². The van der Waals surface area contributed by atoms with Gasteiger partial charge in [0.25, 0.3) is 0 Å². The van der Waals surface area contributed by atoms with Crippen molar-refractivity contribution in [2.75, 3.05) is 0 Å². The number of rotatable bonds is 7. The molecule has 0 aliphatic heterocycles. The summed E-state index contributed by atoms with van der Waals surface area (Å²) in [5.41, 5.74) is 1.27. The monoisotopic (exact) mass is 248 g/mol. The van der Waals surface area contributed by atoms with Gasteiger partial charge in [-0.25, -0.2) is 4.39 Å². The molecule has 0 fully saturated rings. The van der Waals surface area contributed by atoms with Crippen molar-refractivity contribution in [3.05, 3.63) is 47.8 Å². The molecule has 0 aromatic heterocycles. The molecule has 0 heterocycles. The van der Waals surface area contributed by atoms with Crippen LogP contribution in [0, 0.1) is 5.82 Å². The molecule has 0 radical (unpaired) electrons. The Morgan fingerprint density at radius 3 is 2.33 bits per heavy atom. The first-order valence-electron chi connectivity index (χ1n) is 7.05. The van der Waals surface area contributed by atoms with Crippen LogP contribution in [0.3, 0.4) is 0 Å². The van der Waals surface area contributed by atoms with Crippen molar-refractivity contribution in [1.29, 1.82) is 0 Å². The maximum atomic E-state index is 13.5. The van der Waals surface area contributed by atoms with E-state index in [2.05, 4.69) is 32.1 Å². The molecule has 0 spiro atoms. The number of hydrogen-bond acceptors (Lipinski definition) is 0. The maximum absolute atomic E-state index is 13.5. The van der Waals surface area contributed by atoms with Gasteiger partial charge >= 0.3 is 0 Å². The summed E-state index contributed by atoms with van der Waals surface area (Å²) in [6, 6.07) is 7.16. The van der Waals surface area contributed by atoms with E-state index in [4.69, 9.17) is 0 Å². The highest BCUT2D eigenvalue weighted by Gasteiger charge is 2.29. The zero-order valence-corrected chi connectivity index (χ0v) is 11.9. The molecule has 0 amide bonds. The lowest BCUT2D eigenvalue weighted by Gasteiger charge is -2.33. The molecule has 0 saturated heterocycles. The molecule has 0 aliphatic carbocycles. The summed E-state index contributed by atoms with van der Waals surface area (Å²) < 4.78 is 13.5. The minimum atomic E-state index is -0.121. The Labute approximate surface area is 111 Å². The van der Waals surface area contributed by atoms with Crippen LogP contribution >= 0.6 is 0 Å². The van der Waals surface area contributed by atoms with Crippen LogP contribution < -0.4 is 0 Å². The van der Waals surface area contributed by atoms with Gasteiger partial charge in [0.1, 0.15) is 5.82 Å². The number of hydrogen-bond donors (Lipinski definition) is 0. The highest BCUT2D eigenvalue weighted by molar-refractivity contribution is 5.27. The van der Waals surface area contributed by atoms with Crippen molar-refractivity contribution >= 4 is 0 Å². The second kappa shape index (κ2) is 7.35. The maximum Gasteiger partial charge on any atom is 0.123 e. The number of halogens is 1. The molecule has 0 saturated carbocycles. The van der Waals surface area contributed by atoms with Crippen molar-refractivity contribution < 1.29 is 4.39 Å². The molecule has 1 heteroatoms. The summed E-state index contributed by atoms with van der Waals surface area (Å²) in [5.74, 6) is -0.121. The van der Waals surface area contributed by atoms with Gasteiger partial charge in [-0.15, -0.1) is 0 Å². The molecule has 18 heavy (non-hydrogen) atoms. The third-order valence-electron chi connectivity index (χ3n) is 3.64. The van der Waals surface area contributed by atoms with Gasteiger partial charge in [0, 0.05) is 0 Å². The van der Waals surface area contributed by atoms with Crippen LogP contribution in [0.4, 0.5) is 4.39 Å². The van der Waals surface area contributed by atoms with E-state index in [1.165, 1.54) is 6.07 Å². The van der Waals surface area contributed by atoms with E-state index in [1.807, 2.05) is 13.0 Å². The number of benzene rings is 1. The molecule has 0 nitrogen and oxygen atoms in total. The fourth-order valence-corrected chi connectivity index (χ4v) is 2.85. The molecule has 0 aliphatic rings. The molecular formula is C17H25F. The summed E-state index contributed by atoms with van der Waals surface area (Å²) >= 11 is 0. The Hall–Kier alpha value is -1.11. The van der Waals surface area contributed by atoms with Crippen LogP contribution in [-0.4, -0.2) is 0 Å². The summed E-state index contributed by atoms with van der Waals surface area (Å²) in [7, 11) is 0. The van der Waals surface area contributed by atoms with E-state index in [0.29, 0.717) is 0 Å². The summed E-state index contributed by atoms with van der Waals surface area (Å²) in [5, 5.41) is 0. The van der Waals surface area contributed by atoms with Crippen molar-refractivity contribution in [3.63, 3.8) is 0 Å². The van der Waals surface area contributed by atoms with Crippen LogP contribution in [0.1, 0.15) is 58.4 Å². The summed E-state index contributed by atoms with van der Waals surface area (Å²) in [6.07, 6.45) is 9.83. The first-order valence-corrected chi connectivity index (χ1v) is 7.05. The van der Waals surface area contributed by atoms with Crippen LogP contribution in [0.2, 0.25) is 0 Å². The summed E-state index contributed by atoms with van der Waals surface area (Å²) in [4.78, 5) is 0. The molecule has 0 atom stereocenters. The molecule has 1 aromatic carbocycles. The zero-order valence-electron chi connectivity index (χ0n) is 11.9. The first-order chi connectivity index (χ1) is 8.68.